The lowest BCUT2D eigenvalue weighted by atomic mass is 10.1. The van der Waals surface area contributed by atoms with Crippen LogP contribution in [0.2, 0.25) is 0 Å². The highest BCUT2D eigenvalue weighted by Crippen LogP contribution is 2.28. The highest BCUT2D eigenvalue weighted by atomic mass is 16.5. The van der Waals surface area contributed by atoms with Crippen molar-refractivity contribution in [2.75, 3.05) is 13.7 Å². The standard InChI is InChI=1S/C13H12O7/c1-18-8-2-7-3-9(5-19-6-11(15)16)20-13(17)12(7)10(14)4-8/h2-4,14H,5-6H2,1H3,(H,15,16). The molecule has 0 spiro atoms. The third-order valence-corrected chi connectivity index (χ3v) is 2.57. The Balaban J connectivity index is 2.40. The lowest BCUT2D eigenvalue weighted by Crippen LogP contribution is -2.08. The van der Waals surface area contributed by atoms with Crippen molar-refractivity contribution in [3.05, 3.63) is 34.4 Å². The summed E-state index contributed by atoms with van der Waals surface area (Å²) in [6.45, 7) is -0.652. The molecule has 7 heteroatoms. The van der Waals surface area contributed by atoms with Gasteiger partial charge in [-0.3, -0.25) is 0 Å². The average molecular weight is 280 g/mol. The number of carboxylic acid groups (broad SMARTS) is 1. The Morgan fingerprint density at radius 1 is 1.35 bits per heavy atom. The number of phenolic OH excluding ortho intramolecular Hbond substituents is 1. The van der Waals surface area contributed by atoms with Crippen LogP contribution in [0.1, 0.15) is 5.76 Å². The molecule has 106 valence electrons. The molecule has 0 aliphatic heterocycles. The predicted octanol–water partition coefficient (Wildman–Crippen LogP) is 1.11. The van der Waals surface area contributed by atoms with Crippen LogP contribution in [0.4, 0.5) is 0 Å². The number of fused-ring (bicyclic) bond motifs is 1. The van der Waals surface area contributed by atoms with Crippen LogP contribution < -0.4 is 10.4 Å². The van der Waals surface area contributed by atoms with Crippen molar-refractivity contribution < 1.29 is 28.9 Å². The fourth-order valence-electron chi connectivity index (χ4n) is 1.76. The molecule has 0 unspecified atom stereocenters. The monoisotopic (exact) mass is 280 g/mol. The van der Waals surface area contributed by atoms with Crippen LogP contribution >= 0.6 is 0 Å². The van der Waals surface area contributed by atoms with Crippen LogP contribution in [0.25, 0.3) is 10.8 Å². The SMILES string of the molecule is COc1cc(O)c2c(=O)oc(COCC(=O)O)cc2c1. The molecule has 7 nitrogen and oxygen atoms in total. The van der Waals surface area contributed by atoms with E-state index in [1.54, 1.807) is 6.07 Å². The zero-order chi connectivity index (χ0) is 14.7. The Hall–Kier alpha value is -2.54. The van der Waals surface area contributed by atoms with Gasteiger partial charge < -0.3 is 24.1 Å². The molecule has 1 aromatic carbocycles. The number of methoxy groups -OCH3 is 1. The molecule has 2 aromatic rings. The van der Waals surface area contributed by atoms with Crippen LogP contribution in [0, 0.1) is 0 Å². The van der Waals surface area contributed by atoms with E-state index in [2.05, 4.69) is 0 Å². The summed E-state index contributed by atoms with van der Waals surface area (Å²) in [6.07, 6.45) is 0. The minimum absolute atomic E-state index is 0.0350. The summed E-state index contributed by atoms with van der Waals surface area (Å²) >= 11 is 0. The summed E-state index contributed by atoms with van der Waals surface area (Å²) in [5.41, 5.74) is -0.725. The van der Waals surface area contributed by atoms with E-state index in [1.807, 2.05) is 0 Å². The Kier molecular flexibility index (Phi) is 3.90. The summed E-state index contributed by atoms with van der Waals surface area (Å²) in [7, 11) is 1.43. The number of ether oxygens (including phenoxy) is 2. The number of aromatic hydroxyl groups is 1. The predicted molar refractivity (Wildman–Crippen MR) is 68.0 cm³/mol. The molecule has 2 rings (SSSR count). The van der Waals surface area contributed by atoms with Crippen molar-refractivity contribution in [1.29, 1.82) is 0 Å². The molecule has 1 aromatic heterocycles. The molecule has 20 heavy (non-hydrogen) atoms. The van der Waals surface area contributed by atoms with E-state index in [0.29, 0.717) is 11.1 Å². The van der Waals surface area contributed by atoms with Gasteiger partial charge in [-0.2, -0.15) is 0 Å². The van der Waals surface area contributed by atoms with Crippen molar-refractivity contribution in [1.82, 2.24) is 0 Å². The lowest BCUT2D eigenvalue weighted by molar-refractivity contribution is -0.142. The molecule has 0 amide bonds. The molecule has 0 aliphatic carbocycles. The van der Waals surface area contributed by atoms with Gasteiger partial charge in [0.2, 0.25) is 0 Å². The third kappa shape index (κ3) is 2.89. The van der Waals surface area contributed by atoms with E-state index < -0.39 is 18.2 Å². The first kappa shape index (κ1) is 13.9. The van der Waals surface area contributed by atoms with E-state index in [1.165, 1.54) is 19.2 Å². The molecule has 0 bridgehead atoms. The van der Waals surface area contributed by atoms with E-state index >= 15 is 0 Å². The van der Waals surface area contributed by atoms with Gasteiger partial charge in [0.15, 0.2) is 0 Å². The normalized spacial score (nSPS) is 10.7. The highest BCUT2D eigenvalue weighted by molar-refractivity contribution is 5.88. The van der Waals surface area contributed by atoms with Crippen molar-refractivity contribution in [2.24, 2.45) is 0 Å². The van der Waals surface area contributed by atoms with Crippen LogP contribution in [-0.4, -0.2) is 29.9 Å². The molecular formula is C13H12O7. The zero-order valence-electron chi connectivity index (χ0n) is 10.6. The highest BCUT2D eigenvalue weighted by Gasteiger charge is 2.11. The van der Waals surface area contributed by atoms with E-state index in [0.717, 1.165) is 0 Å². The first-order valence-corrected chi connectivity index (χ1v) is 5.64. The molecular weight excluding hydrogens is 268 g/mol. The molecule has 0 fully saturated rings. The van der Waals surface area contributed by atoms with Crippen molar-refractivity contribution in [3.63, 3.8) is 0 Å². The van der Waals surface area contributed by atoms with Crippen molar-refractivity contribution in [3.8, 4) is 11.5 Å². The van der Waals surface area contributed by atoms with Gasteiger partial charge in [0, 0.05) is 6.07 Å². The molecule has 1 heterocycles. The van der Waals surface area contributed by atoms with Gasteiger partial charge in [0.25, 0.3) is 0 Å². The second kappa shape index (κ2) is 5.62. The molecule has 0 aliphatic rings. The first-order chi connectivity index (χ1) is 9.51. The lowest BCUT2D eigenvalue weighted by Gasteiger charge is -2.06. The van der Waals surface area contributed by atoms with Gasteiger partial charge in [0.05, 0.1) is 7.11 Å². The van der Waals surface area contributed by atoms with Crippen LogP contribution in [0.3, 0.4) is 0 Å². The Morgan fingerprint density at radius 3 is 2.75 bits per heavy atom. The zero-order valence-corrected chi connectivity index (χ0v) is 10.6. The molecule has 0 radical (unpaired) electrons. The minimum atomic E-state index is -1.12. The minimum Gasteiger partial charge on any atom is -0.507 e. The summed E-state index contributed by atoms with van der Waals surface area (Å²) in [5, 5.41) is 18.7. The van der Waals surface area contributed by atoms with E-state index in [4.69, 9.17) is 19.0 Å². The number of rotatable bonds is 5. The fourth-order valence-corrected chi connectivity index (χ4v) is 1.76. The van der Waals surface area contributed by atoms with Gasteiger partial charge >= 0.3 is 11.6 Å². The smallest absolute Gasteiger partial charge is 0.347 e. The van der Waals surface area contributed by atoms with Crippen molar-refractivity contribution in [2.45, 2.75) is 6.61 Å². The Morgan fingerprint density at radius 2 is 2.10 bits per heavy atom. The van der Waals surface area contributed by atoms with Gasteiger partial charge in [-0.25, -0.2) is 9.59 Å². The van der Waals surface area contributed by atoms with Gasteiger partial charge in [0.1, 0.15) is 35.9 Å². The summed E-state index contributed by atoms with van der Waals surface area (Å²) in [5.74, 6) is -0.812. The second-order valence-corrected chi connectivity index (χ2v) is 4.00. The van der Waals surface area contributed by atoms with E-state index in [9.17, 15) is 14.7 Å². The van der Waals surface area contributed by atoms with Crippen LogP contribution in [0.5, 0.6) is 11.5 Å². The molecule has 2 N–H and O–H groups in total. The summed E-state index contributed by atoms with van der Waals surface area (Å²) < 4.78 is 14.8. The quantitative estimate of drug-likeness (QED) is 0.844. The maximum absolute atomic E-state index is 11.8. The number of carbonyl (C=O) groups is 1. The number of aliphatic carboxylic acids is 1. The number of phenols is 1. The number of carboxylic acids is 1. The van der Waals surface area contributed by atoms with Crippen molar-refractivity contribution >= 4 is 16.7 Å². The van der Waals surface area contributed by atoms with Crippen LogP contribution in [-0.2, 0) is 16.1 Å². The second-order valence-electron chi connectivity index (χ2n) is 4.00. The molecule has 0 saturated heterocycles. The number of hydrogen-bond donors (Lipinski definition) is 2. The fraction of sp³-hybridized carbons (Fsp3) is 0.231. The largest absolute Gasteiger partial charge is 0.507 e. The van der Waals surface area contributed by atoms with Gasteiger partial charge in [-0.05, 0) is 17.5 Å². The van der Waals surface area contributed by atoms with Gasteiger partial charge in [-0.1, -0.05) is 0 Å². The first-order valence-electron chi connectivity index (χ1n) is 5.64. The van der Waals surface area contributed by atoms with E-state index in [-0.39, 0.29) is 23.5 Å². The summed E-state index contributed by atoms with van der Waals surface area (Å²) in [4.78, 5) is 22.1. The number of hydrogen-bond acceptors (Lipinski definition) is 6. The maximum atomic E-state index is 11.8. The third-order valence-electron chi connectivity index (χ3n) is 2.57. The van der Waals surface area contributed by atoms with Crippen LogP contribution in [0.15, 0.2) is 27.4 Å². The Labute approximate surface area is 113 Å². The Bertz CT molecular complexity index is 702. The average Bonchev–Trinajstić information content (AvgIpc) is 2.37. The topological polar surface area (TPSA) is 106 Å². The molecule has 0 saturated carbocycles. The summed E-state index contributed by atoms with van der Waals surface area (Å²) in [6, 6.07) is 4.35. The maximum Gasteiger partial charge on any atom is 0.347 e. The number of benzene rings is 1. The molecule has 0 atom stereocenters. The van der Waals surface area contributed by atoms with Gasteiger partial charge in [-0.15, -0.1) is 0 Å².